The van der Waals surface area contributed by atoms with E-state index in [-0.39, 0.29) is 52.3 Å². The minimum atomic E-state index is -4.74. The number of ether oxygens (including phenoxy) is 4. The van der Waals surface area contributed by atoms with E-state index in [9.17, 15) is 57.7 Å². The number of aromatic nitrogens is 4. The number of para-hydroxylation sites is 1. The number of amides is 1. The lowest BCUT2D eigenvalue weighted by Crippen LogP contribution is -2.64. The predicted molar refractivity (Wildman–Crippen MR) is 322 cm³/mol. The number of hydrogen-bond donors (Lipinski definition) is 9. The Kier molecular flexibility index (Phi) is 17.6. The van der Waals surface area contributed by atoms with E-state index in [1.54, 1.807) is 36.5 Å². The highest BCUT2D eigenvalue weighted by Crippen LogP contribution is 2.72. The van der Waals surface area contributed by atoms with Crippen LogP contribution in [0, 0.1) is 23.2 Å². The Morgan fingerprint density at radius 1 is 0.898 bits per heavy atom. The van der Waals surface area contributed by atoms with E-state index in [0.717, 1.165) is 64.7 Å². The van der Waals surface area contributed by atoms with Crippen molar-refractivity contribution < 1.29 is 76.6 Å². The third-order valence-corrected chi connectivity index (χ3v) is 19.7. The number of aromatic carboxylic acids is 1. The first-order valence-electron chi connectivity index (χ1n) is 29.5. The number of aliphatic hydroxyl groups excluding tert-OH is 3. The molecule has 0 spiro atoms. The molecule has 4 aliphatic carbocycles. The summed E-state index contributed by atoms with van der Waals surface area (Å²) in [6, 6.07) is 20.3. The number of nitrogens with one attached hydrogen (secondary N) is 2. The van der Waals surface area contributed by atoms with E-state index in [0.29, 0.717) is 85.9 Å². The highest BCUT2D eigenvalue weighted by Gasteiger charge is 2.66. The van der Waals surface area contributed by atoms with Crippen LogP contribution < -0.4 is 26.0 Å². The quantitative estimate of drug-likeness (QED) is 0.0201. The number of benzene rings is 3. The topological polar surface area (TPSA) is 358 Å². The fourth-order valence-corrected chi connectivity index (χ4v) is 16.9. The van der Waals surface area contributed by atoms with Crippen LogP contribution in [-0.2, 0) is 66.5 Å². The molecule has 10 N–H and O–H groups in total. The molecule has 5 fully saturated rings. The number of unbranched alkanes of at least 4 members (excludes halogenated alkanes) is 1. The summed E-state index contributed by atoms with van der Waals surface area (Å²) in [5, 5.41) is 63.1. The average Bonchev–Trinajstić information content (AvgIpc) is 0.721. The Bertz CT molecular complexity index is 3710. The zero-order valence-electron chi connectivity index (χ0n) is 49.1. The van der Waals surface area contributed by atoms with E-state index in [4.69, 9.17) is 34.8 Å². The van der Waals surface area contributed by atoms with Crippen molar-refractivity contribution in [3.8, 4) is 16.9 Å². The molecule has 4 bridgehead atoms. The first-order chi connectivity index (χ1) is 41.8. The average molecular weight is 1250 g/mol. The van der Waals surface area contributed by atoms with Crippen molar-refractivity contribution in [2.24, 2.45) is 22.0 Å². The van der Waals surface area contributed by atoms with Crippen LogP contribution in [0.2, 0.25) is 0 Å². The highest BCUT2D eigenvalue weighted by atomic mass is 32.2. The van der Waals surface area contributed by atoms with Crippen LogP contribution in [0.1, 0.15) is 114 Å². The summed E-state index contributed by atoms with van der Waals surface area (Å²) >= 11 is 1.40. The number of aliphatic carboxylic acids is 1. The molecule has 8 atom stereocenters. The Balaban J connectivity index is 0.751. The number of carbonyl (C=O) groups is 4. The van der Waals surface area contributed by atoms with Crippen LogP contribution in [0.15, 0.2) is 79.0 Å². The highest BCUT2D eigenvalue weighted by molar-refractivity contribution is 7.85. The number of carbonyl (C=O) groups excluding carboxylic acids is 2. The molecular weight excluding hydrogens is 1180 g/mol. The van der Waals surface area contributed by atoms with E-state index < -0.39 is 82.7 Å². The molecule has 12 rings (SSSR count). The molecule has 26 heteroatoms. The standard InChI is InChI=1S/C62H74N8O16S2/c1-35-41(39-16-17-47(67-48(39)54(75)76)69-21-18-37-10-8-11-40(42(37)25-69)53(74)68-58-66-43-12-4-5-13-46(43)87-58)24-65-70(35)34-61-29-59(2)28-60(3,30-61)32-62(31-59,33-61)84-22-20-64-44(27-88(80,81)82)56(79)83-26-38-15-14-36(9-6-7-19-63)23-45(38)85-57-51(73)49(71)50(72)52(86-57)55(77)78/h4-5,8,10-17,23-24,44,49-52,57,64,71-73H,6-7,9,18-22,25-34,63H2,1-3H3,(H,75,76)(H,77,78)(H,66,68,74)(H,80,81,82)/t44?,49-,50?,51+,52-,57+,59?,60?,61?,62?/m0/s1. The van der Waals surface area contributed by atoms with Crippen molar-refractivity contribution in [2.75, 3.05) is 42.2 Å². The van der Waals surface area contributed by atoms with Gasteiger partial charge in [0.05, 0.1) is 28.6 Å². The third kappa shape index (κ3) is 13.3. The number of nitrogens with two attached hydrogens (primary N) is 1. The summed E-state index contributed by atoms with van der Waals surface area (Å²) in [5.74, 6) is -4.69. The number of thiazole rings is 1. The molecular formula is C62H74N8O16S2. The van der Waals surface area contributed by atoms with Gasteiger partial charge in [0.1, 0.15) is 48.3 Å². The second-order valence-corrected chi connectivity index (χ2v) is 27.9. The Morgan fingerprint density at radius 3 is 2.40 bits per heavy atom. The van der Waals surface area contributed by atoms with E-state index in [1.165, 1.54) is 11.3 Å². The maximum Gasteiger partial charge on any atom is 0.355 e. The minimum Gasteiger partial charge on any atom is -0.479 e. The SMILES string of the molecule is Cc1c(-c2ccc(N3CCc4cccc(C(=O)Nc5nc6ccccc6s5)c4C3)nc2C(=O)O)cnn1CC12CC3(C)CC(C)(C1)CC(OCCNC(CS(=O)(=O)O)C(=O)OCc1ccc(CCCCN)cc1O[C@@H]1O[C@H](C(=O)O)C(O)[C@H](O)[C@H]1O)(C3)C2. The smallest absolute Gasteiger partial charge is 0.355 e. The summed E-state index contributed by atoms with van der Waals surface area (Å²) in [4.78, 5) is 63.9. The summed E-state index contributed by atoms with van der Waals surface area (Å²) in [7, 11) is -4.74. The first kappa shape index (κ1) is 62.6. The molecule has 3 aromatic heterocycles. The number of aliphatic hydroxyl groups is 3. The van der Waals surface area contributed by atoms with Crippen LogP contribution in [-0.4, -0.2) is 156 Å². The van der Waals surface area contributed by atoms with Crippen molar-refractivity contribution in [2.45, 2.75) is 147 Å². The molecule has 1 amide bonds. The van der Waals surface area contributed by atoms with Gasteiger partial charge >= 0.3 is 17.9 Å². The third-order valence-electron chi connectivity index (χ3n) is 18.0. The van der Waals surface area contributed by atoms with Crippen LogP contribution in [0.25, 0.3) is 21.3 Å². The van der Waals surface area contributed by atoms with Crippen molar-refractivity contribution in [1.82, 2.24) is 25.1 Å². The number of carboxylic acid groups (broad SMARTS) is 2. The maximum atomic E-state index is 13.8. The fraction of sp³-hybridized carbons (Fsp3) is 0.500. The zero-order chi connectivity index (χ0) is 62.5. The zero-order valence-corrected chi connectivity index (χ0v) is 50.7. The van der Waals surface area contributed by atoms with Gasteiger partial charge in [0.25, 0.3) is 16.0 Å². The fourth-order valence-electron chi connectivity index (χ4n) is 15.3. The van der Waals surface area contributed by atoms with E-state index in [2.05, 4.69) is 29.5 Å². The van der Waals surface area contributed by atoms with Gasteiger partial charge in [-0.3, -0.25) is 24.1 Å². The molecule has 6 aliphatic rings. The second kappa shape index (κ2) is 24.8. The van der Waals surface area contributed by atoms with Gasteiger partial charge in [0.15, 0.2) is 16.9 Å². The van der Waals surface area contributed by atoms with Gasteiger partial charge in [0.2, 0.25) is 6.29 Å². The van der Waals surface area contributed by atoms with Gasteiger partial charge < -0.3 is 60.4 Å². The van der Waals surface area contributed by atoms with Crippen LogP contribution in [0.3, 0.4) is 0 Å². The number of pyridine rings is 1. The lowest BCUT2D eigenvalue weighted by Gasteiger charge is -2.69. The molecule has 4 saturated carbocycles. The largest absolute Gasteiger partial charge is 0.479 e. The first-order valence-corrected chi connectivity index (χ1v) is 32.0. The van der Waals surface area contributed by atoms with E-state index in [1.807, 2.05) is 59.0 Å². The molecule has 470 valence electrons. The Labute approximate surface area is 512 Å². The number of aryl methyl sites for hydroxylation is 1. The Morgan fingerprint density at radius 2 is 1.67 bits per heavy atom. The molecule has 2 aliphatic heterocycles. The van der Waals surface area contributed by atoms with Crippen molar-refractivity contribution in [1.29, 1.82) is 0 Å². The van der Waals surface area contributed by atoms with E-state index >= 15 is 0 Å². The summed E-state index contributed by atoms with van der Waals surface area (Å²) in [5.41, 5.74) is 10.5. The van der Waals surface area contributed by atoms with Gasteiger partial charge in [0, 0.05) is 54.1 Å². The second-order valence-electron chi connectivity index (χ2n) is 25.3. The van der Waals surface area contributed by atoms with Crippen LogP contribution in [0.4, 0.5) is 10.9 Å². The minimum absolute atomic E-state index is 0.00540. The Hall–Kier alpha value is -6.98. The predicted octanol–water partition coefficient (Wildman–Crippen LogP) is 5.65. The molecule has 5 heterocycles. The summed E-state index contributed by atoms with van der Waals surface area (Å²) in [6.45, 7) is 7.95. The number of anilines is 2. The lowest BCUT2D eigenvalue weighted by atomic mass is 9.39. The molecule has 24 nitrogen and oxygen atoms in total. The van der Waals surface area contributed by atoms with Gasteiger partial charge in [-0.05, 0) is 147 Å². The number of esters is 1. The summed E-state index contributed by atoms with van der Waals surface area (Å²) in [6.07, 6.45) is -0.213. The van der Waals surface area contributed by atoms with Gasteiger partial charge in [-0.2, -0.15) is 13.5 Å². The maximum absolute atomic E-state index is 13.8. The van der Waals surface area contributed by atoms with Crippen molar-refractivity contribution in [3.05, 3.63) is 118 Å². The van der Waals surface area contributed by atoms with Crippen molar-refractivity contribution in [3.63, 3.8) is 0 Å². The molecule has 4 unspecified atom stereocenters. The van der Waals surface area contributed by atoms with Gasteiger partial charge in [-0.15, -0.1) is 0 Å². The lowest BCUT2D eigenvalue weighted by molar-refractivity contribution is -0.271. The number of rotatable bonds is 24. The molecule has 6 aromatic rings. The molecule has 88 heavy (non-hydrogen) atoms. The number of hydrogen-bond acceptors (Lipinski definition) is 20. The molecule has 0 radical (unpaired) electrons. The molecule has 1 saturated heterocycles. The van der Waals surface area contributed by atoms with Gasteiger partial charge in [-0.25, -0.2) is 19.6 Å². The number of carboxylic acids is 2. The monoisotopic (exact) mass is 1250 g/mol. The van der Waals surface area contributed by atoms with Gasteiger partial charge in [-0.1, -0.05) is 61.6 Å². The van der Waals surface area contributed by atoms with Crippen LogP contribution in [0.5, 0.6) is 5.75 Å². The number of fused-ring (bicyclic) bond motifs is 2. The van der Waals surface area contributed by atoms with Crippen LogP contribution >= 0.6 is 11.3 Å². The molecule has 3 aromatic carbocycles. The number of nitrogens with zero attached hydrogens (tertiary/aromatic N) is 5. The van der Waals surface area contributed by atoms with Crippen molar-refractivity contribution >= 4 is 66.4 Å². The normalized spacial score (nSPS) is 26.8. The summed E-state index contributed by atoms with van der Waals surface area (Å²) < 4.78 is 61.4.